The van der Waals surface area contributed by atoms with Crippen molar-refractivity contribution in [3.8, 4) is 0 Å². The van der Waals surface area contributed by atoms with Gasteiger partial charge in [-0.05, 0) is 55.1 Å². The molecule has 38 heavy (non-hydrogen) atoms. The number of nitrogens with zero attached hydrogens (tertiary/aromatic N) is 3. The fourth-order valence-electron chi connectivity index (χ4n) is 5.33. The number of rotatable bonds is 8. The maximum absolute atomic E-state index is 6.74. The van der Waals surface area contributed by atoms with Crippen LogP contribution in [0.5, 0.6) is 0 Å². The number of halogens is 2. The fourth-order valence-corrected chi connectivity index (χ4v) is 6.16. The van der Waals surface area contributed by atoms with Gasteiger partial charge < -0.3 is 23.5 Å². The molecule has 206 valence electrons. The first kappa shape index (κ1) is 28.0. The van der Waals surface area contributed by atoms with Crippen LogP contribution < -0.4 is 0 Å². The molecule has 2 aliphatic heterocycles. The van der Waals surface area contributed by atoms with Crippen LogP contribution in [0.2, 0.25) is 28.3 Å². The number of hydrogen-bond acceptors (Lipinski definition) is 6. The minimum Gasteiger partial charge on any atom is -0.377 e. The van der Waals surface area contributed by atoms with E-state index in [1.54, 1.807) is 0 Å². The molecular weight excluding hydrogens is 541 g/mol. The van der Waals surface area contributed by atoms with Crippen LogP contribution in [0, 0.1) is 0 Å². The van der Waals surface area contributed by atoms with Crippen LogP contribution in [0.1, 0.15) is 52.0 Å². The first-order chi connectivity index (χ1) is 17.8. The minimum absolute atomic E-state index is 0.216. The van der Waals surface area contributed by atoms with E-state index in [-0.39, 0.29) is 17.2 Å². The Hall–Kier alpha value is -1.52. The summed E-state index contributed by atoms with van der Waals surface area (Å²) in [5.41, 5.74) is 2.19. The fraction of sp³-hybridized carbons (Fsp3) is 0.571. The molecule has 7 nitrogen and oxygen atoms in total. The zero-order chi connectivity index (χ0) is 27.5. The van der Waals surface area contributed by atoms with Crippen LogP contribution in [0.4, 0.5) is 0 Å². The topological polar surface area (TPSA) is 67.6 Å². The van der Waals surface area contributed by atoms with Gasteiger partial charge >= 0.3 is 0 Å². The van der Waals surface area contributed by atoms with Crippen molar-refractivity contribution < 1.29 is 18.9 Å². The summed E-state index contributed by atoms with van der Waals surface area (Å²) < 4.78 is 27.9. The normalized spacial score (nSPS) is 26.9. The Kier molecular flexibility index (Phi) is 7.48. The maximum Gasteiger partial charge on any atom is 0.165 e. The predicted octanol–water partition coefficient (Wildman–Crippen LogP) is 6.57. The number of benzene rings is 1. The van der Waals surface area contributed by atoms with E-state index >= 15 is 0 Å². The van der Waals surface area contributed by atoms with Gasteiger partial charge in [-0.25, -0.2) is 9.97 Å². The second kappa shape index (κ2) is 10.1. The standard InChI is InChI=1S/C28H37Cl2N3O4Si/c1-26(2,38(6)7)15-34-14-18-12-19(29)9-8-17(18)13-21-28(5)22(36-27(3,4)37-28)25(35-21)33-11-10-20-23(30)31-16-32-24(20)33/h8-12,16,21-22,25,38H,13-15H2,1-7H3/t21-,22+,25-,28-/m1/s1. The van der Waals surface area contributed by atoms with E-state index in [0.29, 0.717) is 28.9 Å². The summed E-state index contributed by atoms with van der Waals surface area (Å²) in [6.45, 7) is 16.5. The molecule has 5 rings (SSSR count). The van der Waals surface area contributed by atoms with E-state index in [1.165, 1.54) is 6.33 Å². The monoisotopic (exact) mass is 577 g/mol. The van der Waals surface area contributed by atoms with Crippen molar-refractivity contribution in [2.75, 3.05) is 6.61 Å². The van der Waals surface area contributed by atoms with Gasteiger partial charge in [0.15, 0.2) is 12.0 Å². The van der Waals surface area contributed by atoms with Gasteiger partial charge in [0, 0.05) is 33.0 Å². The van der Waals surface area contributed by atoms with E-state index in [1.807, 2.05) is 42.8 Å². The lowest BCUT2D eigenvalue weighted by Crippen LogP contribution is -2.44. The van der Waals surface area contributed by atoms with Crippen molar-refractivity contribution in [2.24, 2.45) is 0 Å². The van der Waals surface area contributed by atoms with Crippen LogP contribution in [-0.4, -0.2) is 53.5 Å². The van der Waals surface area contributed by atoms with Crippen molar-refractivity contribution in [1.29, 1.82) is 0 Å². The lowest BCUT2D eigenvalue weighted by molar-refractivity contribution is -0.210. The Balaban J connectivity index is 1.44. The van der Waals surface area contributed by atoms with Crippen molar-refractivity contribution in [3.05, 3.63) is 58.1 Å². The molecule has 0 N–H and O–H groups in total. The lowest BCUT2D eigenvalue weighted by atomic mass is 9.89. The maximum atomic E-state index is 6.74. The van der Waals surface area contributed by atoms with Gasteiger partial charge in [-0.1, -0.05) is 56.2 Å². The third-order valence-electron chi connectivity index (χ3n) is 8.25. The van der Waals surface area contributed by atoms with Gasteiger partial charge in [0.05, 0.1) is 18.1 Å². The largest absolute Gasteiger partial charge is 0.377 e. The molecule has 10 heteroatoms. The Labute approximate surface area is 236 Å². The van der Waals surface area contributed by atoms with Crippen LogP contribution in [0.15, 0.2) is 36.8 Å². The lowest BCUT2D eigenvalue weighted by Gasteiger charge is -2.30. The summed E-state index contributed by atoms with van der Waals surface area (Å²) in [5, 5.41) is 2.08. The molecule has 2 fully saturated rings. The smallest absolute Gasteiger partial charge is 0.165 e. The van der Waals surface area contributed by atoms with Gasteiger partial charge in [0.2, 0.25) is 0 Å². The average molecular weight is 579 g/mol. The van der Waals surface area contributed by atoms with Gasteiger partial charge in [-0.15, -0.1) is 0 Å². The highest BCUT2D eigenvalue weighted by molar-refractivity contribution is 6.59. The Bertz CT molecular complexity index is 1330. The molecule has 0 spiro atoms. The summed E-state index contributed by atoms with van der Waals surface area (Å²) in [6.07, 6.45) is 2.93. The van der Waals surface area contributed by atoms with Gasteiger partial charge in [0.25, 0.3) is 0 Å². The first-order valence-corrected chi connectivity index (χ1v) is 16.8. The second-order valence-electron chi connectivity index (χ2n) is 12.1. The molecule has 2 aliphatic rings. The van der Waals surface area contributed by atoms with Crippen LogP contribution in [-0.2, 0) is 32.0 Å². The van der Waals surface area contributed by atoms with Crippen LogP contribution in [0.3, 0.4) is 0 Å². The first-order valence-electron chi connectivity index (χ1n) is 13.2. The predicted molar refractivity (Wildman–Crippen MR) is 153 cm³/mol. The molecule has 3 aromatic rings. The van der Waals surface area contributed by atoms with Crippen LogP contribution >= 0.6 is 23.2 Å². The number of ether oxygens (including phenoxy) is 4. The minimum atomic E-state index is -0.862. The number of aromatic nitrogens is 3. The molecule has 0 saturated carbocycles. The highest BCUT2D eigenvalue weighted by Crippen LogP contribution is 2.51. The molecule has 0 radical (unpaired) electrons. The van der Waals surface area contributed by atoms with Crippen molar-refractivity contribution in [3.63, 3.8) is 0 Å². The molecule has 4 heterocycles. The highest BCUT2D eigenvalue weighted by Gasteiger charge is 2.64. The van der Waals surface area contributed by atoms with Gasteiger partial charge in [-0.3, -0.25) is 0 Å². The quantitative estimate of drug-likeness (QED) is 0.223. The molecule has 1 aromatic carbocycles. The molecule has 2 aromatic heterocycles. The highest BCUT2D eigenvalue weighted by atomic mass is 35.5. The van der Waals surface area contributed by atoms with Crippen molar-refractivity contribution in [1.82, 2.24) is 14.5 Å². The zero-order valence-electron chi connectivity index (χ0n) is 23.1. The van der Waals surface area contributed by atoms with Crippen molar-refractivity contribution in [2.45, 2.75) is 95.6 Å². The van der Waals surface area contributed by atoms with E-state index < -0.39 is 26.4 Å². The third-order valence-corrected chi connectivity index (χ3v) is 12.1. The summed E-state index contributed by atoms with van der Waals surface area (Å²) in [5.74, 6) is -0.756. The number of fused-ring (bicyclic) bond motifs is 2. The van der Waals surface area contributed by atoms with E-state index in [2.05, 4.69) is 49.9 Å². The van der Waals surface area contributed by atoms with E-state index in [0.717, 1.165) is 23.1 Å². The third kappa shape index (κ3) is 5.17. The molecule has 2 saturated heterocycles. The Morgan fingerprint density at radius 1 is 1.11 bits per heavy atom. The average Bonchev–Trinajstić information content (AvgIpc) is 3.43. The molecule has 0 bridgehead atoms. The van der Waals surface area contributed by atoms with Crippen molar-refractivity contribution >= 4 is 43.0 Å². The van der Waals surface area contributed by atoms with E-state index in [9.17, 15) is 0 Å². The Morgan fingerprint density at radius 3 is 2.61 bits per heavy atom. The molecule has 0 unspecified atom stereocenters. The number of hydrogen-bond donors (Lipinski definition) is 0. The SMILES string of the molecule is C[SiH](C)C(C)(C)COCc1cc(Cl)ccc1C[C@H]1O[C@@H](n2ccc3c(Cl)ncnc32)[C@@H]2OC(C)(C)O[C@]12C. The molecule has 0 aliphatic carbocycles. The van der Waals surface area contributed by atoms with Gasteiger partial charge in [0.1, 0.15) is 28.8 Å². The Morgan fingerprint density at radius 2 is 1.87 bits per heavy atom. The molecule has 4 atom stereocenters. The second-order valence-corrected chi connectivity index (χ2v) is 16.8. The summed E-state index contributed by atoms with van der Waals surface area (Å²) in [6, 6.07) is 7.89. The summed E-state index contributed by atoms with van der Waals surface area (Å²) in [7, 11) is -0.862. The van der Waals surface area contributed by atoms with Crippen LogP contribution in [0.25, 0.3) is 11.0 Å². The molecular formula is C28H37Cl2N3O4Si. The molecule has 0 amide bonds. The summed E-state index contributed by atoms with van der Waals surface area (Å²) in [4.78, 5) is 8.59. The van der Waals surface area contributed by atoms with Gasteiger partial charge in [-0.2, -0.15) is 0 Å². The summed E-state index contributed by atoms with van der Waals surface area (Å²) >= 11 is 12.7. The zero-order valence-corrected chi connectivity index (χ0v) is 25.8. The van der Waals surface area contributed by atoms with E-state index in [4.69, 9.17) is 42.1 Å².